The molecule has 0 aliphatic carbocycles. The zero-order chi connectivity index (χ0) is 14.1. The van der Waals surface area contributed by atoms with Gasteiger partial charge in [-0.3, -0.25) is 4.79 Å². The first-order valence-corrected chi connectivity index (χ1v) is 6.74. The van der Waals surface area contributed by atoms with Crippen molar-refractivity contribution >= 4 is 18.3 Å². The standard InChI is InChI=1S/C15H24N2O2.ClH/c1-12-9-13(2)11-14(10-12)19-8-7-17-15(18)5-4-6-16-3;/h9-11,16H,4-8H2,1-3H3,(H,17,18);1H. The molecule has 1 aromatic carbocycles. The fourth-order valence-electron chi connectivity index (χ4n) is 1.89. The van der Waals surface area contributed by atoms with Crippen LogP contribution in [0.15, 0.2) is 18.2 Å². The Morgan fingerprint density at radius 2 is 1.80 bits per heavy atom. The molecule has 1 amide bonds. The quantitative estimate of drug-likeness (QED) is 0.724. The topological polar surface area (TPSA) is 50.4 Å². The van der Waals surface area contributed by atoms with Crippen LogP contribution in [-0.2, 0) is 4.79 Å². The molecule has 20 heavy (non-hydrogen) atoms. The third-order valence-electron chi connectivity index (χ3n) is 2.72. The number of carbonyl (C=O) groups excluding carboxylic acids is 1. The summed E-state index contributed by atoms with van der Waals surface area (Å²) in [7, 11) is 1.88. The molecule has 0 aliphatic rings. The average molecular weight is 301 g/mol. The van der Waals surface area contributed by atoms with E-state index in [1.807, 2.05) is 33.0 Å². The summed E-state index contributed by atoms with van der Waals surface area (Å²) in [6, 6.07) is 6.11. The Kier molecular flexibility index (Phi) is 9.86. The molecule has 0 spiro atoms. The summed E-state index contributed by atoms with van der Waals surface area (Å²) in [5, 5.41) is 5.87. The third kappa shape index (κ3) is 8.02. The van der Waals surface area contributed by atoms with Gasteiger partial charge < -0.3 is 15.4 Å². The molecule has 0 radical (unpaired) electrons. The van der Waals surface area contributed by atoms with E-state index in [0.29, 0.717) is 19.6 Å². The Hall–Kier alpha value is -1.26. The van der Waals surface area contributed by atoms with Crippen molar-refractivity contribution in [2.45, 2.75) is 26.7 Å². The molecular formula is C15H25ClN2O2. The summed E-state index contributed by atoms with van der Waals surface area (Å²) in [6.07, 6.45) is 1.42. The lowest BCUT2D eigenvalue weighted by atomic mass is 10.1. The van der Waals surface area contributed by atoms with E-state index in [4.69, 9.17) is 4.74 Å². The molecule has 0 aromatic heterocycles. The number of ether oxygens (including phenoxy) is 1. The van der Waals surface area contributed by atoms with Crippen molar-refractivity contribution in [2.24, 2.45) is 0 Å². The van der Waals surface area contributed by atoms with Gasteiger partial charge in [-0.05, 0) is 57.1 Å². The van der Waals surface area contributed by atoms with Crippen LogP contribution in [0.3, 0.4) is 0 Å². The van der Waals surface area contributed by atoms with Crippen LogP contribution in [0.5, 0.6) is 5.75 Å². The molecule has 0 atom stereocenters. The van der Waals surface area contributed by atoms with Gasteiger partial charge in [0.2, 0.25) is 5.91 Å². The van der Waals surface area contributed by atoms with Crippen molar-refractivity contribution in [1.29, 1.82) is 0 Å². The van der Waals surface area contributed by atoms with E-state index < -0.39 is 0 Å². The van der Waals surface area contributed by atoms with Crippen LogP contribution in [0, 0.1) is 13.8 Å². The summed E-state index contributed by atoms with van der Waals surface area (Å²) >= 11 is 0. The second kappa shape index (κ2) is 10.5. The normalized spacial score (nSPS) is 9.75. The number of hydrogen-bond acceptors (Lipinski definition) is 3. The van der Waals surface area contributed by atoms with Gasteiger partial charge in [0.15, 0.2) is 0 Å². The Morgan fingerprint density at radius 1 is 1.15 bits per heavy atom. The Balaban J connectivity index is 0.00000361. The van der Waals surface area contributed by atoms with E-state index in [1.165, 1.54) is 11.1 Å². The van der Waals surface area contributed by atoms with Crippen LogP contribution >= 0.6 is 12.4 Å². The van der Waals surface area contributed by atoms with Gasteiger partial charge in [0, 0.05) is 6.42 Å². The maximum atomic E-state index is 11.4. The van der Waals surface area contributed by atoms with Gasteiger partial charge in [0.05, 0.1) is 6.54 Å². The number of nitrogens with one attached hydrogen (secondary N) is 2. The second-order valence-electron chi connectivity index (χ2n) is 4.73. The lowest BCUT2D eigenvalue weighted by Gasteiger charge is -2.09. The first-order valence-electron chi connectivity index (χ1n) is 6.74. The molecule has 0 saturated carbocycles. The number of hydrogen-bond donors (Lipinski definition) is 2. The number of benzene rings is 1. The van der Waals surface area contributed by atoms with Crippen molar-refractivity contribution in [3.8, 4) is 5.75 Å². The third-order valence-corrected chi connectivity index (χ3v) is 2.72. The van der Waals surface area contributed by atoms with Gasteiger partial charge in [-0.2, -0.15) is 0 Å². The number of rotatable bonds is 8. The monoisotopic (exact) mass is 300 g/mol. The molecule has 0 saturated heterocycles. The number of carbonyl (C=O) groups is 1. The smallest absolute Gasteiger partial charge is 0.220 e. The van der Waals surface area contributed by atoms with E-state index in [0.717, 1.165) is 18.7 Å². The fraction of sp³-hybridized carbons (Fsp3) is 0.533. The molecule has 0 bridgehead atoms. The van der Waals surface area contributed by atoms with Crippen LogP contribution in [0.4, 0.5) is 0 Å². The maximum Gasteiger partial charge on any atom is 0.220 e. The van der Waals surface area contributed by atoms with Gasteiger partial charge >= 0.3 is 0 Å². The molecular weight excluding hydrogens is 276 g/mol. The SMILES string of the molecule is CNCCCC(=O)NCCOc1cc(C)cc(C)c1.Cl. The highest BCUT2D eigenvalue weighted by Gasteiger charge is 2.00. The van der Waals surface area contributed by atoms with Crippen LogP contribution in [-0.4, -0.2) is 32.7 Å². The van der Waals surface area contributed by atoms with Crippen molar-refractivity contribution in [2.75, 3.05) is 26.7 Å². The Bertz CT molecular complexity index is 391. The average Bonchev–Trinajstić information content (AvgIpc) is 2.34. The fourth-order valence-corrected chi connectivity index (χ4v) is 1.89. The van der Waals surface area contributed by atoms with Crippen LogP contribution in [0.1, 0.15) is 24.0 Å². The van der Waals surface area contributed by atoms with Gasteiger partial charge in [-0.1, -0.05) is 6.07 Å². The van der Waals surface area contributed by atoms with Gasteiger partial charge in [0.25, 0.3) is 0 Å². The molecule has 4 nitrogen and oxygen atoms in total. The molecule has 2 N–H and O–H groups in total. The minimum atomic E-state index is 0. The molecule has 0 aliphatic heterocycles. The minimum Gasteiger partial charge on any atom is -0.492 e. The summed E-state index contributed by atoms with van der Waals surface area (Å²) in [6.45, 7) is 6.01. The first-order chi connectivity index (χ1) is 9.11. The van der Waals surface area contributed by atoms with Crippen LogP contribution in [0.25, 0.3) is 0 Å². The second-order valence-corrected chi connectivity index (χ2v) is 4.73. The highest BCUT2D eigenvalue weighted by molar-refractivity contribution is 5.85. The largest absolute Gasteiger partial charge is 0.492 e. The highest BCUT2D eigenvalue weighted by atomic mass is 35.5. The molecule has 0 heterocycles. The number of halogens is 1. The highest BCUT2D eigenvalue weighted by Crippen LogP contribution is 2.15. The van der Waals surface area contributed by atoms with E-state index >= 15 is 0 Å². The van der Waals surface area contributed by atoms with Gasteiger partial charge in [0.1, 0.15) is 12.4 Å². The zero-order valence-electron chi connectivity index (χ0n) is 12.5. The summed E-state index contributed by atoms with van der Waals surface area (Å²) in [4.78, 5) is 11.4. The number of amides is 1. The summed E-state index contributed by atoms with van der Waals surface area (Å²) in [5.41, 5.74) is 2.37. The molecule has 1 rings (SSSR count). The lowest BCUT2D eigenvalue weighted by Crippen LogP contribution is -2.28. The lowest BCUT2D eigenvalue weighted by molar-refractivity contribution is -0.121. The van der Waals surface area contributed by atoms with Crippen molar-refractivity contribution in [1.82, 2.24) is 10.6 Å². The van der Waals surface area contributed by atoms with Gasteiger partial charge in [-0.15, -0.1) is 12.4 Å². The van der Waals surface area contributed by atoms with Crippen molar-refractivity contribution < 1.29 is 9.53 Å². The molecule has 0 fully saturated rings. The zero-order valence-corrected chi connectivity index (χ0v) is 13.3. The Labute approximate surface area is 127 Å². The molecule has 1 aromatic rings. The Morgan fingerprint density at radius 3 is 2.40 bits per heavy atom. The predicted molar refractivity (Wildman–Crippen MR) is 84.8 cm³/mol. The molecule has 0 unspecified atom stereocenters. The molecule has 114 valence electrons. The molecule has 5 heteroatoms. The van der Waals surface area contributed by atoms with Crippen molar-refractivity contribution in [3.05, 3.63) is 29.3 Å². The summed E-state index contributed by atoms with van der Waals surface area (Å²) in [5.74, 6) is 0.946. The van der Waals surface area contributed by atoms with Crippen LogP contribution < -0.4 is 15.4 Å². The predicted octanol–water partition coefficient (Wildman–Crippen LogP) is 2.22. The number of aryl methyl sites for hydroxylation is 2. The van der Waals surface area contributed by atoms with E-state index in [-0.39, 0.29) is 18.3 Å². The van der Waals surface area contributed by atoms with E-state index in [2.05, 4.69) is 16.7 Å². The van der Waals surface area contributed by atoms with E-state index in [9.17, 15) is 4.79 Å². The van der Waals surface area contributed by atoms with E-state index in [1.54, 1.807) is 0 Å². The maximum absolute atomic E-state index is 11.4. The minimum absolute atomic E-state index is 0. The van der Waals surface area contributed by atoms with Gasteiger partial charge in [-0.25, -0.2) is 0 Å². The first kappa shape index (κ1) is 18.7. The van der Waals surface area contributed by atoms with Crippen molar-refractivity contribution in [3.63, 3.8) is 0 Å². The summed E-state index contributed by atoms with van der Waals surface area (Å²) < 4.78 is 5.62. The van der Waals surface area contributed by atoms with Crippen LogP contribution in [0.2, 0.25) is 0 Å².